The summed E-state index contributed by atoms with van der Waals surface area (Å²) >= 11 is 6.01. The molecular weight excluding hydrogens is 377 g/mol. The second-order valence-electron chi connectivity index (χ2n) is 6.87. The van der Waals surface area contributed by atoms with Crippen LogP contribution in [-0.4, -0.2) is 26.6 Å². The molecule has 0 radical (unpaired) electrons. The van der Waals surface area contributed by atoms with Crippen LogP contribution in [-0.2, 0) is 0 Å². The fraction of sp³-hybridized carbons (Fsp3) is 0.190. The Balaban J connectivity index is 1.66. The lowest BCUT2D eigenvalue weighted by molar-refractivity contribution is 0.630. The zero-order chi connectivity index (χ0) is 19.3. The van der Waals surface area contributed by atoms with Gasteiger partial charge in [-0.1, -0.05) is 29.5 Å². The smallest absolute Gasteiger partial charge is 0.257 e. The van der Waals surface area contributed by atoms with Gasteiger partial charge in [-0.25, -0.2) is 4.39 Å². The molecule has 1 fully saturated rings. The number of anilines is 2. The maximum absolute atomic E-state index is 14.2. The minimum absolute atomic E-state index is 0.0413. The van der Waals surface area contributed by atoms with E-state index in [-0.39, 0.29) is 5.02 Å². The summed E-state index contributed by atoms with van der Waals surface area (Å²) in [6.45, 7) is 0. The second-order valence-corrected chi connectivity index (χ2v) is 7.28. The van der Waals surface area contributed by atoms with Gasteiger partial charge in [-0.3, -0.25) is 4.40 Å². The van der Waals surface area contributed by atoms with Crippen LogP contribution in [0.1, 0.15) is 18.4 Å². The molecule has 0 saturated heterocycles. The van der Waals surface area contributed by atoms with Crippen LogP contribution in [0.25, 0.3) is 16.7 Å². The molecule has 1 aliphatic carbocycles. The van der Waals surface area contributed by atoms with Gasteiger partial charge >= 0.3 is 0 Å². The van der Waals surface area contributed by atoms with Crippen molar-refractivity contribution in [2.45, 2.75) is 12.8 Å². The number of benzene rings is 2. The van der Waals surface area contributed by atoms with Crippen LogP contribution in [0.3, 0.4) is 0 Å². The summed E-state index contributed by atoms with van der Waals surface area (Å²) < 4.78 is 15.9. The Morgan fingerprint density at radius 2 is 2.11 bits per heavy atom. The molecule has 5 nitrogen and oxygen atoms in total. The molecule has 0 atom stereocenters. The molecule has 0 bridgehead atoms. The Morgan fingerprint density at radius 1 is 1.25 bits per heavy atom. The standard InChI is InChI=1S/C21H15ClFN5/c1-27(15-4-2-3-14(9-15)8-7-13-5-6-13)20-16-10-18(23)17(22)11-19(16)28-12-24-26-21(28)25-20/h2-4,9-13H,5-6H2,1H3. The molecule has 0 spiro atoms. The van der Waals surface area contributed by atoms with Crippen molar-refractivity contribution in [1.82, 2.24) is 19.6 Å². The van der Waals surface area contributed by atoms with Crippen LogP contribution in [0.2, 0.25) is 5.02 Å². The number of fused-ring (bicyclic) bond motifs is 3. The van der Waals surface area contributed by atoms with Crippen molar-refractivity contribution >= 4 is 39.8 Å². The Kier molecular flexibility index (Phi) is 3.92. The third-order valence-corrected chi connectivity index (χ3v) is 5.11. The first-order valence-corrected chi connectivity index (χ1v) is 9.32. The van der Waals surface area contributed by atoms with E-state index in [0.717, 1.165) is 11.3 Å². The minimum Gasteiger partial charge on any atom is -0.329 e. The fourth-order valence-electron chi connectivity index (χ4n) is 3.13. The van der Waals surface area contributed by atoms with E-state index in [1.165, 1.54) is 25.2 Å². The summed E-state index contributed by atoms with van der Waals surface area (Å²) in [6.07, 6.45) is 3.92. The lowest BCUT2D eigenvalue weighted by Gasteiger charge is -2.21. The lowest BCUT2D eigenvalue weighted by atomic mass is 10.1. The van der Waals surface area contributed by atoms with E-state index in [2.05, 4.69) is 27.0 Å². The molecule has 2 heterocycles. The van der Waals surface area contributed by atoms with Crippen LogP contribution in [0.5, 0.6) is 0 Å². The van der Waals surface area contributed by atoms with Crippen molar-refractivity contribution in [3.05, 3.63) is 59.1 Å². The van der Waals surface area contributed by atoms with Crippen molar-refractivity contribution in [3.8, 4) is 11.8 Å². The maximum Gasteiger partial charge on any atom is 0.257 e. The van der Waals surface area contributed by atoms with Gasteiger partial charge in [0.25, 0.3) is 5.78 Å². The summed E-state index contributed by atoms with van der Waals surface area (Å²) in [4.78, 5) is 6.49. The van der Waals surface area contributed by atoms with Gasteiger partial charge in [-0.15, -0.1) is 10.2 Å². The molecule has 1 saturated carbocycles. The van der Waals surface area contributed by atoms with Crippen LogP contribution in [0, 0.1) is 23.6 Å². The highest BCUT2D eigenvalue weighted by Gasteiger charge is 2.18. The molecule has 0 unspecified atom stereocenters. The summed E-state index contributed by atoms with van der Waals surface area (Å²) in [5.74, 6) is 7.53. The molecule has 1 aliphatic rings. The largest absolute Gasteiger partial charge is 0.329 e. The van der Waals surface area contributed by atoms with E-state index < -0.39 is 5.82 Å². The highest BCUT2D eigenvalue weighted by molar-refractivity contribution is 6.31. The lowest BCUT2D eigenvalue weighted by Crippen LogP contribution is -2.13. The van der Waals surface area contributed by atoms with Gasteiger partial charge in [-0.05, 0) is 43.2 Å². The number of hydrogen-bond donors (Lipinski definition) is 0. The molecule has 2 aromatic carbocycles. The number of aromatic nitrogens is 4. The second kappa shape index (κ2) is 6.47. The topological polar surface area (TPSA) is 46.3 Å². The Hall–Kier alpha value is -3.17. The third kappa shape index (κ3) is 2.94. The Labute approximate surface area is 165 Å². The van der Waals surface area contributed by atoms with Gasteiger partial charge in [0.2, 0.25) is 0 Å². The van der Waals surface area contributed by atoms with E-state index in [1.807, 2.05) is 36.2 Å². The van der Waals surface area contributed by atoms with Crippen molar-refractivity contribution in [1.29, 1.82) is 0 Å². The summed E-state index contributed by atoms with van der Waals surface area (Å²) in [7, 11) is 1.88. The van der Waals surface area contributed by atoms with Crippen LogP contribution >= 0.6 is 11.6 Å². The van der Waals surface area contributed by atoms with Gasteiger partial charge in [0.05, 0.1) is 10.5 Å². The van der Waals surface area contributed by atoms with Gasteiger partial charge in [-0.2, -0.15) is 4.98 Å². The molecule has 0 amide bonds. The van der Waals surface area contributed by atoms with E-state index in [0.29, 0.717) is 28.4 Å². The van der Waals surface area contributed by atoms with E-state index in [4.69, 9.17) is 11.6 Å². The Bertz CT molecular complexity index is 1280. The van der Waals surface area contributed by atoms with Crippen molar-refractivity contribution < 1.29 is 4.39 Å². The normalized spacial score (nSPS) is 13.5. The van der Waals surface area contributed by atoms with E-state index >= 15 is 0 Å². The van der Waals surface area contributed by atoms with Gasteiger partial charge < -0.3 is 4.90 Å². The maximum atomic E-state index is 14.2. The van der Waals surface area contributed by atoms with Crippen LogP contribution < -0.4 is 4.90 Å². The summed E-state index contributed by atoms with van der Waals surface area (Å²) in [5, 5.41) is 8.62. The molecule has 0 N–H and O–H groups in total. The molecule has 5 rings (SSSR count). The number of hydrogen-bond acceptors (Lipinski definition) is 4. The first-order chi connectivity index (χ1) is 13.6. The number of nitrogens with zero attached hydrogens (tertiary/aromatic N) is 5. The number of rotatable bonds is 2. The quantitative estimate of drug-likeness (QED) is 0.468. The molecule has 7 heteroatoms. The monoisotopic (exact) mass is 391 g/mol. The zero-order valence-electron chi connectivity index (χ0n) is 15.0. The van der Waals surface area contributed by atoms with Crippen molar-refractivity contribution in [2.75, 3.05) is 11.9 Å². The molecular formula is C21H15ClFN5. The molecule has 4 aromatic rings. The summed E-state index contributed by atoms with van der Waals surface area (Å²) in [6, 6.07) is 10.9. The fourth-order valence-corrected chi connectivity index (χ4v) is 3.29. The van der Waals surface area contributed by atoms with E-state index in [1.54, 1.807) is 10.5 Å². The van der Waals surface area contributed by atoms with Crippen LogP contribution in [0.4, 0.5) is 15.9 Å². The van der Waals surface area contributed by atoms with Gasteiger partial charge in [0.15, 0.2) is 0 Å². The highest BCUT2D eigenvalue weighted by atomic mass is 35.5. The summed E-state index contributed by atoms with van der Waals surface area (Å²) in [5.41, 5.74) is 2.53. The average Bonchev–Trinajstić information content (AvgIpc) is 3.41. The van der Waals surface area contributed by atoms with E-state index in [9.17, 15) is 4.39 Å². The van der Waals surface area contributed by atoms with Crippen molar-refractivity contribution in [3.63, 3.8) is 0 Å². The first kappa shape index (κ1) is 17.0. The highest BCUT2D eigenvalue weighted by Crippen LogP contribution is 2.33. The molecule has 138 valence electrons. The predicted octanol–water partition coefficient (Wildman–Crippen LogP) is 4.60. The SMILES string of the molecule is CN(c1cccc(C#CC2CC2)c1)c1nc2nncn2c2cc(Cl)c(F)cc12. The van der Waals surface area contributed by atoms with Gasteiger partial charge in [0, 0.05) is 29.6 Å². The predicted molar refractivity (Wildman–Crippen MR) is 107 cm³/mol. The average molecular weight is 392 g/mol. The van der Waals surface area contributed by atoms with Crippen LogP contribution in [0.15, 0.2) is 42.7 Å². The molecule has 0 aliphatic heterocycles. The molecule has 2 aromatic heterocycles. The Morgan fingerprint density at radius 3 is 2.93 bits per heavy atom. The first-order valence-electron chi connectivity index (χ1n) is 8.94. The minimum atomic E-state index is -0.498. The number of halogens is 2. The third-order valence-electron chi connectivity index (χ3n) is 4.82. The molecule has 28 heavy (non-hydrogen) atoms. The van der Waals surface area contributed by atoms with Crippen molar-refractivity contribution in [2.24, 2.45) is 5.92 Å². The zero-order valence-corrected chi connectivity index (χ0v) is 15.8. The van der Waals surface area contributed by atoms with Gasteiger partial charge in [0.1, 0.15) is 18.0 Å².